The second-order valence-corrected chi connectivity index (χ2v) is 5.38. The summed E-state index contributed by atoms with van der Waals surface area (Å²) in [5.41, 5.74) is 0.808. The third kappa shape index (κ3) is 6.32. The minimum Gasteiger partial charge on any atom is -0.490 e. The van der Waals surface area contributed by atoms with E-state index in [1.54, 1.807) is 36.4 Å². The van der Waals surface area contributed by atoms with Crippen LogP contribution in [0.4, 0.5) is 0 Å². The van der Waals surface area contributed by atoms with E-state index in [0.717, 1.165) is 5.56 Å². The Labute approximate surface area is 152 Å². The van der Waals surface area contributed by atoms with Gasteiger partial charge in [-0.25, -0.2) is 4.79 Å². The highest BCUT2D eigenvalue weighted by Crippen LogP contribution is 2.13. The molecule has 0 aliphatic carbocycles. The summed E-state index contributed by atoms with van der Waals surface area (Å²) in [5.74, 6) is 0.341. The van der Waals surface area contributed by atoms with Crippen LogP contribution in [0.2, 0.25) is 0 Å². The first-order valence-electron chi connectivity index (χ1n) is 8.11. The molecule has 0 aliphatic heterocycles. The highest BCUT2D eigenvalue weighted by atomic mass is 16.5. The van der Waals surface area contributed by atoms with Crippen molar-refractivity contribution in [2.45, 2.75) is 19.6 Å². The maximum Gasteiger partial charge on any atom is 0.331 e. The van der Waals surface area contributed by atoms with E-state index >= 15 is 0 Å². The Bertz CT molecular complexity index is 747. The molecule has 0 fully saturated rings. The number of carbonyl (C=O) groups is 2. The van der Waals surface area contributed by atoms with Crippen molar-refractivity contribution in [3.8, 4) is 5.75 Å². The summed E-state index contributed by atoms with van der Waals surface area (Å²) in [6.45, 7) is 5.76. The van der Waals surface area contributed by atoms with E-state index in [-0.39, 0.29) is 6.54 Å². The van der Waals surface area contributed by atoms with Gasteiger partial charge in [-0.05, 0) is 42.8 Å². The summed E-state index contributed by atoms with van der Waals surface area (Å²) >= 11 is 0. The van der Waals surface area contributed by atoms with E-state index in [0.29, 0.717) is 18.1 Å². The average molecular weight is 355 g/mol. The summed E-state index contributed by atoms with van der Waals surface area (Å²) in [5, 5.41) is 2.63. The van der Waals surface area contributed by atoms with Crippen molar-refractivity contribution in [3.63, 3.8) is 0 Å². The summed E-state index contributed by atoms with van der Waals surface area (Å²) in [6.07, 6.45) is 5.16. The summed E-state index contributed by atoms with van der Waals surface area (Å²) in [7, 11) is 0. The third-order valence-electron chi connectivity index (χ3n) is 3.34. The van der Waals surface area contributed by atoms with Gasteiger partial charge in [-0.3, -0.25) is 4.79 Å². The van der Waals surface area contributed by atoms with Gasteiger partial charge < -0.3 is 19.2 Å². The molecular weight excluding hydrogens is 334 g/mol. The molecule has 0 aliphatic rings. The van der Waals surface area contributed by atoms with E-state index in [1.165, 1.54) is 19.3 Å². The maximum absolute atomic E-state index is 11.9. The second-order valence-electron chi connectivity index (χ2n) is 5.38. The van der Waals surface area contributed by atoms with E-state index in [9.17, 15) is 9.59 Å². The van der Waals surface area contributed by atoms with Crippen LogP contribution in [0.15, 0.2) is 65.8 Å². The zero-order chi connectivity index (χ0) is 18.8. The fourth-order valence-electron chi connectivity index (χ4n) is 1.99. The number of nitrogens with one attached hydrogen (secondary N) is 1. The lowest BCUT2D eigenvalue weighted by Gasteiger charge is -2.11. The molecule has 1 aromatic carbocycles. The average Bonchev–Trinajstić information content (AvgIpc) is 3.17. The Kier molecular flexibility index (Phi) is 7.24. The van der Waals surface area contributed by atoms with Crippen LogP contribution in [-0.4, -0.2) is 24.6 Å². The number of rotatable bonds is 9. The first-order chi connectivity index (χ1) is 12.6. The predicted octanol–water partition coefficient (Wildman–Crippen LogP) is 3.11. The number of benzene rings is 1. The van der Waals surface area contributed by atoms with Gasteiger partial charge in [0.25, 0.3) is 5.91 Å². The van der Waals surface area contributed by atoms with Crippen molar-refractivity contribution in [1.29, 1.82) is 0 Å². The minimum atomic E-state index is -0.906. The quantitative estimate of drug-likeness (QED) is 0.425. The molecule has 1 aromatic heterocycles. The third-order valence-corrected chi connectivity index (χ3v) is 3.34. The van der Waals surface area contributed by atoms with E-state index in [4.69, 9.17) is 13.9 Å². The minimum absolute atomic E-state index is 0.240. The number of furan rings is 1. The Morgan fingerprint density at radius 2 is 2.04 bits per heavy atom. The molecule has 2 rings (SSSR count). The smallest absolute Gasteiger partial charge is 0.331 e. The van der Waals surface area contributed by atoms with Crippen molar-refractivity contribution in [1.82, 2.24) is 5.32 Å². The molecule has 0 saturated carbocycles. The van der Waals surface area contributed by atoms with Crippen LogP contribution in [0.5, 0.6) is 5.75 Å². The Morgan fingerprint density at radius 1 is 1.27 bits per heavy atom. The van der Waals surface area contributed by atoms with Crippen molar-refractivity contribution in [2.75, 3.05) is 6.61 Å². The SMILES string of the molecule is C=CCOc1ccc(/C=C/C(=O)OC(C)C(=O)NCc2ccco2)cc1. The number of carbonyl (C=O) groups excluding carboxylic acids is 2. The van der Waals surface area contributed by atoms with Gasteiger partial charge in [0.2, 0.25) is 0 Å². The monoisotopic (exact) mass is 355 g/mol. The van der Waals surface area contributed by atoms with Crippen LogP contribution in [-0.2, 0) is 20.9 Å². The first kappa shape index (κ1) is 19.1. The van der Waals surface area contributed by atoms with Gasteiger partial charge >= 0.3 is 5.97 Å². The van der Waals surface area contributed by atoms with Gasteiger partial charge in [0.05, 0.1) is 12.8 Å². The van der Waals surface area contributed by atoms with E-state index in [1.807, 2.05) is 12.1 Å². The molecule has 136 valence electrons. The van der Waals surface area contributed by atoms with Crippen LogP contribution in [0.1, 0.15) is 18.2 Å². The number of amides is 1. The van der Waals surface area contributed by atoms with Gasteiger partial charge in [0.1, 0.15) is 18.1 Å². The van der Waals surface area contributed by atoms with Gasteiger partial charge in [-0.1, -0.05) is 24.8 Å². The first-order valence-corrected chi connectivity index (χ1v) is 8.11. The molecule has 26 heavy (non-hydrogen) atoms. The molecule has 1 atom stereocenters. The Balaban J connectivity index is 1.78. The molecule has 1 amide bonds. The number of hydrogen-bond acceptors (Lipinski definition) is 5. The molecular formula is C20H21NO5. The molecule has 1 N–H and O–H groups in total. The van der Waals surface area contributed by atoms with Crippen LogP contribution < -0.4 is 10.1 Å². The van der Waals surface area contributed by atoms with Gasteiger partial charge in [-0.15, -0.1) is 0 Å². The van der Waals surface area contributed by atoms with E-state index < -0.39 is 18.0 Å². The summed E-state index contributed by atoms with van der Waals surface area (Å²) in [6, 6.07) is 10.7. The van der Waals surface area contributed by atoms with Crippen molar-refractivity contribution in [3.05, 3.63) is 72.7 Å². The normalized spacial score (nSPS) is 11.7. The largest absolute Gasteiger partial charge is 0.490 e. The number of esters is 1. The van der Waals surface area contributed by atoms with Crippen molar-refractivity contribution < 1.29 is 23.5 Å². The number of ether oxygens (including phenoxy) is 2. The molecule has 6 nitrogen and oxygen atoms in total. The van der Waals surface area contributed by atoms with Gasteiger partial charge in [-0.2, -0.15) is 0 Å². The lowest BCUT2D eigenvalue weighted by molar-refractivity contribution is -0.150. The van der Waals surface area contributed by atoms with Crippen LogP contribution >= 0.6 is 0 Å². The van der Waals surface area contributed by atoms with Crippen LogP contribution in [0, 0.1) is 0 Å². The summed E-state index contributed by atoms with van der Waals surface area (Å²) < 4.78 is 15.6. The highest BCUT2D eigenvalue weighted by molar-refractivity contribution is 5.90. The Hall–Kier alpha value is -3.28. The standard InChI is InChI=1S/C20H21NO5/c1-3-12-24-17-9-6-16(7-10-17)8-11-19(22)26-15(2)20(23)21-14-18-5-4-13-25-18/h3-11,13,15H,1,12,14H2,2H3,(H,21,23)/b11-8+. The fraction of sp³-hybridized carbons (Fsp3) is 0.200. The Morgan fingerprint density at radius 3 is 2.69 bits per heavy atom. The van der Waals surface area contributed by atoms with Gasteiger partial charge in [0.15, 0.2) is 6.10 Å². The maximum atomic E-state index is 11.9. The molecule has 2 aromatic rings. The molecule has 0 saturated heterocycles. The number of hydrogen-bond donors (Lipinski definition) is 1. The molecule has 0 bridgehead atoms. The highest BCUT2D eigenvalue weighted by Gasteiger charge is 2.16. The van der Waals surface area contributed by atoms with Crippen molar-refractivity contribution >= 4 is 18.0 Å². The van der Waals surface area contributed by atoms with Crippen LogP contribution in [0.3, 0.4) is 0 Å². The second kappa shape index (κ2) is 9.88. The zero-order valence-corrected chi connectivity index (χ0v) is 14.5. The summed E-state index contributed by atoms with van der Waals surface area (Å²) in [4.78, 5) is 23.7. The topological polar surface area (TPSA) is 77.8 Å². The lowest BCUT2D eigenvalue weighted by atomic mass is 10.2. The van der Waals surface area contributed by atoms with E-state index in [2.05, 4.69) is 11.9 Å². The lowest BCUT2D eigenvalue weighted by Crippen LogP contribution is -2.35. The molecule has 0 radical (unpaired) electrons. The molecule has 1 heterocycles. The molecule has 1 unspecified atom stereocenters. The zero-order valence-electron chi connectivity index (χ0n) is 14.5. The van der Waals surface area contributed by atoms with Crippen LogP contribution in [0.25, 0.3) is 6.08 Å². The van der Waals surface area contributed by atoms with Gasteiger partial charge in [0, 0.05) is 6.08 Å². The molecule has 0 spiro atoms. The fourth-order valence-corrected chi connectivity index (χ4v) is 1.99. The predicted molar refractivity (Wildman–Crippen MR) is 97.3 cm³/mol. The molecule has 6 heteroatoms. The van der Waals surface area contributed by atoms with Crippen molar-refractivity contribution in [2.24, 2.45) is 0 Å².